The van der Waals surface area contributed by atoms with Gasteiger partial charge in [-0.05, 0) is 45.9 Å². The fourth-order valence-electron chi connectivity index (χ4n) is 2.28. The SMILES string of the molecule is COc1cccc2sc(SSc3nc4c(OC)cccc4s3)nc12. The first-order valence-electron chi connectivity index (χ1n) is 7.00. The molecule has 2 heterocycles. The number of methoxy groups -OCH3 is 2. The van der Waals surface area contributed by atoms with Crippen LogP contribution in [-0.4, -0.2) is 24.2 Å². The summed E-state index contributed by atoms with van der Waals surface area (Å²) in [5, 5.41) is 0. The van der Waals surface area contributed by atoms with Gasteiger partial charge in [0.2, 0.25) is 0 Å². The number of para-hydroxylation sites is 2. The quantitative estimate of drug-likeness (QED) is 0.405. The zero-order valence-electron chi connectivity index (χ0n) is 12.8. The van der Waals surface area contributed by atoms with Crippen LogP contribution in [0.4, 0.5) is 0 Å². The van der Waals surface area contributed by atoms with Gasteiger partial charge in [-0.3, -0.25) is 0 Å². The van der Waals surface area contributed by atoms with Crippen LogP contribution in [0.3, 0.4) is 0 Å². The van der Waals surface area contributed by atoms with Crippen molar-refractivity contribution < 1.29 is 9.47 Å². The van der Waals surface area contributed by atoms with Crippen LogP contribution in [0, 0.1) is 0 Å². The lowest BCUT2D eigenvalue weighted by atomic mass is 10.3. The van der Waals surface area contributed by atoms with Crippen LogP contribution in [0.2, 0.25) is 0 Å². The number of aromatic nitrogens is 2. The number of benzene rings is 2. The molecule has 0 aliphatic rings. The monoisotopic (exact) mass is 392 g/mol. The molecule has 0 atom stereocenters. The molecule has 4 aromatic rings. The third-order valence-corrected chi connectivity index (χ3v) is 8.36. The van der Waals surface area contributed by atoms with E-state index in [2.05, 4.69) is 22.1 Å². The minimum atomic E-state index is 0.810. The molecule has 0 radical (unpaired) electrons. The molecule has 0 bridgehead atoms. The van der Waals surface area contributed by atoms with E-state index in [9.17, 15) is 0 Å². The van der Waals surface area contributed by atoms with Crippen molar-refractivity contribution in [3.63, 3.8) is 0 Å². The summed E-state index contributed by atoms with van der Waals surface area (Å²) in [6, 6.07) is 12.0. The molecule has 122 valence electrons. The lowest BCUT2D eigenvalue weighted by molar-refractivity contribution is 0.419. The molecule has 24 heavy (non-hydrogen) atoms. The van der Waals surface area contributed by atoms with Gasteiger partial charge in [0, 0.05) is 0 Å². The lowest BCUT2D eigenvalue weighted by Crippen LogP contribution is -1.83. The number of ether oxygens (including phenoxy) is 2. The number of thiazole rings is 2. The fraction of sp³-hybridized carbons (Fsp3) is 0.125. The molecule has 0 aliphatic heterocycles. The summed E-state index contributed by atoms with van der Waals surface area (Å²) in [7, 11) is 6.59. The molecule has 2 aromatic heterocycles. The van der Waals surface area contributed by atoms with Gasteiger partial charge in [-0.25, -0.2) is 9.97 Å². The van der Waals surface area contributed by atoms with E-state index in [1.54, 1.807) is 58.5 Å². The van der Waals surface area contributed by atoms with Gasteiger partial charge in [-0.2, -0.15) is 0 Å². The first-order valence-corrected chi connectivity index (χ1v) is 10.8. The second-order valence-corrected chi connectivity index (χ2v) is 9.43. The fourth-order valence-corrected chi connectivity index (χ4v) is 6.79. The van der Waals surface area contributed by atoms with Crippen molar-refractivity contribution in [1.82, 2.24) is 9.97 Å². The molecule has 4 rings (SSSR count). The van der Waals surface area contributed by atoms with Gasteiger partial charge in [0.05, 0.1) is 23.6 Å². The Morgan fingerprint density at radius 3 is 1.62 bits per heavy atom. The highest BCUT2D eigenvalue weighted by Crippen LogP contribution is 2.45. The molecule has 0 unspecified atom stereocenters. The summed E-state index contributed by atoms with van der Waals surface area (Å²) in [5.41, 5.74) is 1.83. The van der Waals surface area contributed by atoms with Gasteiger partial charge >= 0.3 is 0 Å². The minimum Gasteiger partial charge on any atom is -0.494 e. The predicted octanol–water partition coefficient (Wildman–Crippen LogP) is 5.72. The Morgan fingerprint density at radius 2 is 1.21 bits per heavy atom. The average molecular weight is 393 g/mol. The van der Waals surface area contributed by atoms with E-state index in [0.717, 1.165) is 40.6 Å². The van der Waals surface area contributed by atoms with Crippen LogP contribution < -0.4 is 9.47 Å². The molecule has 0 aliphatic carbocycles. The molecule has 0 N–H and O–H groups in total. The van der Waals surface area contributed by atoms with Crippen LogP contribution >= 0.6 is 44.3 Å². The van der Waals surface area contributed by atoms with E-state index in [-0.39, 0.29) is 0 Å². The Bertz CT molecular complexity index is 930. The topological polar surface area (TPSA) is 44.2 Å². The molecular formula is C16H12N2O2S4. The lowest BCUT2D eigenvalue weighted by Gasteiger charge is -1.98. The van der Waals surface area contributed by atoms with Gasteiger partial charge in [-0.1, -0.05) is 12.1 Å². The molecule has 0 saturated heterocycles. The zero-order valence-corrected chi connectivity index (χ0v) is 16.1. The number of hydrogen-bond donors (Lipinski definition) is 0. The van der Waals surface area contributed by atoms with Crippen molar-refractivity contribution in [1.29, 1.82) is 0 Å². The van der Waals surface area contributed by atoms with Crippen LogP contribution in [0.25, 0.3) is 20.4 Å². The minimum absolute atomic E-state index is 0.810. The highest BCUT2D eigenvalue weighted by molar-refractivity contribution is 8.77. The standard InChI is InChI=1S/C16H12N2O2S4/c1-19-9-5-3-7-11-13(9)17-15(21-11)23-24-16-18-14-10(20-2)6-4-8-12(14)22-16/h3-8H,1-2H3. The Morgan fingerprint density at radius 1 is 0.750 bits per heavy atom. The Balaban J connectivity index is 1.59. The first kappa shape index (κ1) is 16.0. The van der Waals surface area contributed by atoms with E-state index in [4.69, 9.17) is 9.47 Å². The Labute approximate surface area is 154 Å². The maximum Gasteiger partial charge on any atom is 0.162 e. The third kappa shape index (κ3) is 2.95. The van der Waals surface area contributed by atoms with Crippen molar-refractivity contribution >= 4 is 64.7 Å². The van der Waals surface area contributed by atoms with Crippen LogP contribution in [0.5, 0.6) is 11.5 Å². The normalized spacial score (nSPS) is 11.2. The molecule has 8 heteroatoms. The highest BCUT2D eigenvalue weighted by Gasteiger charge is 2.12. The Kier molecular flexibility index (Phi) is 4.53. The number of rotatable bonds is 5. The van der Waals surface area contributed by atoms with Gasteiger partial charge in [0.25, 0.3) is 0 Å². The average Bonchev–Trinajstić information content (AvgIpc) is 3.22. The molecule has 0 spiro atoms. The Hall–Kier alpha value is -1.48. The largest absolute Gasteiger partial charge is 0.494 e. The van der Waals surface area contributed by atoms with E-state index in [1.807, 2.05) is 24.3 Å². The molecule has 0 fully saturated rings. The van der Waals surface area contributed by atoms with Gasteiger partial charge < -0.3 is 9.47 Å². The van der Waals surface area contributed by atoms with Crippen molar-refractivity contribution in [2.24, 2.45) is 0 Å². The molecule has 4 nitrogen and oxygen atoms in total. The van der Waals surface area contributed by atoms with Gasteiger partial charge in [-0.15, -0.1) is 22.7 Å². The van der Waals surface area contributed by atoms with Gasteiger partial charge in [0.15, 0.2) is 8.68 Å². The van der Waals surface area contributed by atoms with Crippen molar-refractivity contribution in [3.8, 4) is 11.5 Å². The molecule has 0 amide bonds. The smallest absolute Gasteiger partial charge is 0.162 e. The van der Waals surface area contributed by atoms with Crippen molar-refractivity contribution in [2.45, 2.75) is 8.68 Å². The summed E-state index contributed by atoms with van der Waals surface area (Å²) >= 11 is 3.33. The third-order valence-electron chi connectivity index (χ3n) is 3.35. The second-order valence-electron chi connectivity index (χ2n) is 4.74. The summed E-state index contributed by atoms with van der Waals surface area (Å²) in [4.78, 5) is 9.35. The van der Waals surface area contributed by atoms with E-state index in [1.165, 1.54) is 0 Å². The van der Waals surface area contributed by atoms with Crippen LogP contribution in [0.1, 0.15) is 0 Å². The van der Waals surface area contributed by atoms with E-state index >= 15 is 0 Å². The number of nitrogens with zero attached hydrogens (tertiary/aromatic N) is 2. The maximum absolute atomic E-state index is 5.37. The predicted molar refractivity (Wildman–Crippen MR) is 104 cm³/mol. The first-order chi connectivity index (χ1) is 11.8. The van der Waals surface area contributed by atoms with Crippen molar-refractivity contribution in [2.75, 3.05) is 14.2 Å². The van der Waals surface area contributed by atoms with Crippen LogP contribution in [0.15, 0.2) is 45.1 Å². The van der Waals surface area contributed by atoms with E-state index in [0.29, 0.717) is 0 Å². The summed E-state index contributed by atoms with van der Waals surface area (Å²) < 4.78 is 15.0. The van der Waals surface area contributed by atoms with Crippen molar-refractivity contribution in [3.05, 3.63) is 36.4 Å². The zero-order chi connectivity index (χ0) is 16.5. The summed E-state index contributed by atoms with van der Waals surface area (Å²) in [6.07, 6.45) is 0. The van der Waals surface area contributed by atoms with Gasteiger partial charge in [0.1, 0.15) is 22.5 Å². The summed E-state index contributed by atoms with van der Waals surface area (Å²) in [5.74, 6) is 1.62. The number of hydrogen-bond acceptors (Lipinski definition) is 8. The maximum atomic E-state index is 5.37. The molecule has 0 saturated carbocycles. The number of fused-ring (bicyclic) bond motifs is 2. The summed E-state index contributed by atoms with van der Waals surface area (Å²) in [6.45, 7) is 0. The second kappa shape index (κ2) is 6.79. The highest BCUT2D eigenvalue weighted by atomic mass is 33.1. The molecule has 2 aromatic carbocycles. The van der Waals surface area contributed by atoms with E-state index < -0.39 is 0 Å². The van der Waals surface area contributed by atoms with Crippen LogP contribution in [-0.2, 0) is 0 Å². The molecular weight excluding hydrogens is 380 g/mol.